The fraction of sp³-hybridized carbons (Fsp3) is 0.920. The number of fused-ring (bicyclic) bond motifs is 4. The van der Waals surface area contributed by atoms with Gasteiger partial charge in [-0.15, -0.1) is 34.8 Å². The first-order valence-electron chi connectivity index (χ1n) is 13.3. The van der Waals surface area contributed by atoms with Gasteiger partial charge >= 0.3 is 0 Å². The van der Waals surface area contributed by atoms with Gasteiger partial charge in [-0.1, -0.05) is 0 Å². The van der Waals surface area contributed by atoms with E-state index in [1.807, 2.05) is 0 Å². The van der Waals surface area contributed by atoms with Crippen LogP contribution in [-0.2, 0) is 23.8 Å². The third-order valence-electron chi connectivity index (χ3n) is 8.95. The molecule has 1 aliphatic heterocycles. The van der Waals surface area contributed by atoms with E-state index in [-0.39, 0.29) is 59.5 Å². The number of rotatable bonds is 6. The summed E-state index contributed by atoms with van der Waals surface area (Å²) in [7, 11) is 0. The van der Waals surface area contributed by atoms with Crippen LogP contribution in [0.1, 0.15) is 70.6 Å². The van der Waals surface area contributed by atoms with Gasteiger partial charge in [0.1, 0.15) is 6.61 Å². The van der Waals surface area contributed by atoms with Crippen molar-refractivity contribution in [3.63, 3.8) is 0 Å². The lowest BCUT2D eigenvalue weighted by Gasteiger charge is -2.56. The Labute approximate surface area is 227 Å². The number of aliphatic hydroxyl groups excluding tert-OH is 1. The summed E-state index contributed by atoms with van der Waals surface area (Å²) in [6, 6.07) is 0. The Hall–Kier alpha value is -0.350. The molecular formula is C25H37Cl3N2O6. The van der Waals surface area contributed by atoms with Crippen LogP contribution in [0.25, 0.3) is 0 Å². The first-order valence-corrected chi connectivity index (χ1v) is 14.6. The predicted molar refractivity (Wildman–Crippen MR) is 136 cm³/mol. The monoisotopic (exact) mass is 566 g/mol. The van der Waals surface area contributed by atoms with Crippen LogP contribution in [-0.4, -0.2) is 87.9 Å². The molecule has 0 spiro atoms. The molecule has 2 bridgehead atoms. The molecule has 0 radical (unpaired) electrons. The Balaban J connectivity index is 1.10. The van der Waals surface area contributed by atoms with Crippen LogP contribution >= 0.6 is 34.8 Å². The maximum absolute atomic E-state index is 13.1. The molecule has 8 nitrogen and oxygen atoms in total. The molecular weight excluding hydrogens is 531 g/mol. The summed E-state index contributed by atoms with van der Waals surface area (Å²) < 4.78 is 17.8. The maximum atomic E-state index is 13.1. The maximum Gasteiger partial charge on any atom is 0.251 e. The van der Waals surface area contributed by atoms with Crippen LogP contribution < -0.4 is 10.6 Å². The zero-order valence-electron chi connectivity index (χ0n) is 20.4. The Morgan fingerprint density at radius 2 is 1.72 bits per heavy atom. The highest BCUT2D eigenvalue weighted by Gasteiger charge is 2.56. The number of aliphatic hydroxyl groups is 1. The summed E-state index contributed by atoms with van der Waals surface area (Å²) in [5.74, 6) is -0.426. The number of hydrogen-bond acceptors (Lipinski definition) is 6. The molecule has 6 aliphatic rings. The summed E-state index contributed by atoms with van der Waals surface area (Å²) >= 11 is 18.6. The van der Waals surface area contributed by atoms with E-state index in [0.717, 1.165) is 32.1 Å². The van der Waals surface area contributed by atoms with E-state index in [9.17, 15) is 14.7 Å². The molecule has 8 atom stereocenters. The molecule has 3 N–H and O–H groups in total. The van der Waals surface area contributed by atoms with E-state index in [2.05, 4.69) is 10.6 Å². The fourth-order valence-corrected chi connectivity index (χ4v) is 7.54. The Morgan fingerprint density at radius 3 is 2.44 bits per heavy atom. The summed E-state index contributed by atoms with van der Waals surface area (Å²) in [6.45, 7) is 0.148. The van der Waals surface area contributed by atoms with Crippen molar-refractivity contribution >= 4 is 46.6 Å². The van der Waals surface area contributed by atoms with Crippen molar-refractivity contribution in [2.24, 2.45) is 0 Å². The molecule has 36 heavy (non-hydrogen) atoms. The second-order valence-corrected chi connectivity index (χ2v) is 13.2. The summed E-state index contributed by atoms with van der Waals surface area (Å²) in [4.78, 5) is 25.8. The third kappa shape index (κ3) is 5.80. The number of ether oxygens (including phenoxy) is 3. The van der Waals surface area contributed by atoms with Gasteiger partial charge in [-0.25, -0.2) is 0 Å². The summed E-state index contributed by atoms with van der Waals surface area (Å²) in [5, 5.41) is 17.2. The lowest BCUT2D eigenvalue weighted by molar-refractivity contribution is -0.197. The highest BCUT2D eigenvalue weighted by atomic mass is 35.5. The van der Waals surface area contributed by atoms with Crippen molar-refractivity contribution in [3.05, 3.63) is 0 Å². The van der Waals surface area contributed by atoms with Gasteiger partial charge in [0.05, 0.1) is 47.3 Å². The molecule has 11 heteroatoms. The Kier molecular flexibility index (Phi) is 8.34. The van der Waals surface area contributed by atoms with Gasteiger partial charge in [0, 0.05) is 10.9 Å². The van der Waals surface area contributed by atoms with Gasteiger partial charge in [-0.3, -0.25) is 9.59 Å². The molecule has 5 saturated carbocycles. The second kappa shape index (κ2) is 11.0. The van der Waals surface area contributed by atoms with Crippen LogP contribution in [0, 0.1) is 0 Å². The summed E-state index contributed by atoms with van der Waals surface area (Å²) in [6.07, 6.45) is 5.86. The smallest absolute Gasteiger partial charge is 0.251 e. The molecule has 0 aromatic rings. The molecule has 6 fully saturated rings. The van der Waals surface area contributed by atoms with Crippen LogP contribution in [0.5, 0.6) is 0 Å². The topological polar surface area (TPSA) is 106 Å². The summed E-state index contributed by atoms with van der Waals surface area (Å²) in [5.41, 5.74) is -1.18. The van der Waals surface area contributed by atoms with Crippen molar-refractivity contribution in [2.45, 2.75) is 128 Å². The SMILES string of the molecule is O=C(COC1CCC(Cl)C(Cl)C1)NC12CCC(NC(=O)[C@H]3COC4CC(Cl)CCC4O3)(CC1)C[C@@H]2O. The van der Waals surface area contributed by atoms with Gasteiger partial charge < -0.3 is 30.0 Å². The number of hydrogen-bond donors (Lipinski definition) is 3. The average Bonchev–Trinajstić information content (AvgIpc) is 2.85. The Morgan fingerprint density at radius 1 is 0.944 bits per heavy atom. The quantitative estimate of drug-likeness (QED) is 0.426. The number of alkyl halides is 3. The number of carbonyl (C=O) groups excluding carboxylic acids is 2. The van der Waals surface area contributed by atoms with E-state index in [4.69, 9.17) is 49.0 Å². The van der Waals surface area contributed by atoms with E-state index in [1.54, 1.807) is 0 Å². The molecule has 5 aliphatic carbocycles. The first kappa shape index (κ1) is 27.2. The largest absolute Gasteiger partial charge is 0.391 e. The minimum absolute atomic E-state index is 0.0467. The minimum Gasteiger partial charge on any atom is -0.391 e. The lowest BCUT2D eigenvalue weighted by atomic mass is 9.60. The Bertz CT molecular complexity index is 826. The lowest BCUT2D eigenvalue weighted by Crippen LogP contribution is -2.71. The van der Waals surface area contributed by atoms with Gasteiger partial charge in [0.2, 0.25) is 5.91 Å². The number of amides is 2. The van der Waals surface area contributed by atoms with Gasteiger partial charge in [0.25, 0.3) is 5.91 Å². The standard InChI is InChI=1S/C25H37Cl3N2O6/c26-14-1-4-18-19(9-14)35-12-20(36-18)23(33)30-24-5-7-25(8-6-24,21(31)11-24)29-22(32)13-34-15-2-3-16(27)17(28)10-15/h14-21,31H,1-13H2,(H,29,32)(H,30,33)/t14?,15?,16?,17?,18?,19?,20-,21+,24?,25?/m1/s1. The molecule has 1 saturated heterocycles. The van der Waals surface area contributed by atoms with Crippen LogP contribution in [0.15, 0.2) is 0 Å². The zero-order chi connectivity index (χ0) is 25.5. The molecule has 2 amide bonds. The molecule has 1 heterocycles. The highest BCUT2D eigenvalue weighted by Crippen LogP contribution is 2.47. The fourth-order valence-electron chi connectivity index (χ4n) is 6.69. The normalized spacial score (nSPS) is 46.6. The van der Waals surface area contributed by atoms with Crippen molar-refractivity contribution < 1.29 is 28.9 Å². The zero-order valence-corrected chi connectivity index (χ0v) is 22.7. The van der Waals surface area contributed by atoms with E-state index < -0.39 is 23.3 Å². The average molecular weight is 568 g/mol. The van der Waals surface area contributed by atoms with Crippen LogP contribution in [0.4, 0.5) is 0 Å². The van der Waals surface area contributed by atoms with E-state index in [1.165, 1.54) is 0 Å². The van der Waals surface area contributed by atoms with Crippen molar-refractivity contribution in [2.75, 3.05) is 13.2 Å². The van der Waals surface area contributed by atoms with E-state index >= 15 is 0 Å². The van der Waals surface area contributed by atoms with Crippen molar-refractivity contribution in [3.8, 4) is 0 Å². The van der Waals surface area contributed by atoms with Crippen molar-refractivity contribution in [1.82, 2.24) is 10.6 Å². The molecule has 0 aromatic carbocycles. The highest BCUT2D eigenvalue weighted by molar-refractivity contribution is 6.30. The number of halogens is 3. The third-order valence-corrected chi connectivity index (χ3v) is 10.5. The number of nitrogens with one attached hydrogen (secondary N) is 2. The van der Waals surface area contributed by atoms with Crippen LogP contribution in [0.2, 0.25) is 0 Å². The predicted octanol–water partition coefficient (Wildman–Crippen LogP) is 2.76. The number of carbonyl (C=O) groups is 2. The van der Waals surface area contributed by atoms with Crippen LogP contribution in [0.3, 0.4) is 0 Å². The van der Waals surface area contributed by atoms with Gasteiger partial charge in [-0.05, 0) is 70.6 Å². The molecule has 204 valence electrons. The molecule has 0 aromatic heterocycles. The van der Waals surface area contributed by atoms with Gasteiger partial charge in [-0.2, -0.15) is 0 Å². The van der Waals surface area contributed by atoms with E-state index in [0.29, 0.717) is 38.5 Å². The second-order valence-electron chi connectivity index (χ2n) is 11.4. The minimum atomic E-state index is -0.755. The van der Waals surface area contributed by atoms with Gasteiger partial charge in [0.15, 0.2) is 6.10 Å². The van der Waals surface area contributed by atoms with Crippen molar-refractivity contribution in [1.29, 1.82) is 0 Å². The first-order chi connectivity index (χ1) is 17.2. The molecule has 6 rings (SSSR count). The molecule has 6 unspecified atom stereocenters.